The Morgan fingerprint density at radius 2 is 1.47 bits per heavy atom. The molecule has 0 spiro atoms. The van der Waals surface area contributed by atoms with Gasteiger partial charge >= 0.3 is 10.4 Å². The fraction of sp³-hybridized carbons (Fsp3) is 1.00. The zero-order valence-corrected chi connectivity index (χ0v) is 16.8. The van der Waals surface area contributed by atoms with E-state index in [1.165, 1.54) is 0 Å². The molecule has 0 radical (unpaired) electrons. The van der Waals surface area contributed by atoms with Crippen molar-refractivity contribution < 1.29 is 66.7 Å². The van der Waals surface area contributed by atoms with Crippen LogP contribution in [0.5, 0.6) is 0 Å². The third kappa shape index (κ3) is 6.26. The first-order valence-electron chi connectivity index (χ1n) is 9.21. The van der Waals surface area contributed by atoms with Crippen molar-refractivity contribution in [2.24, 2.45) is 0 Å². The van der Waals surface area contributed by atoms with Crippen LogP contribution in [-0.4, -0.2) is 125 Å². The van der Waals surface area contributed by atoms with Crippen LogP contribution in [0.25, 0.3) is 0 Å². The summed E-state index contributed by atoms with van der Waals surface area (Å²) in [5.41, 5.74) is 0. The summed E-state index contributed by atoms with van der Waals surface area (Å²) in [6.07, 6.45) is -15.4. The van der Waals surface area contributed by atoms with E-state index in [9.17, 15) is 39.1 Å². The molecule has 30 heavy (non-hydrogen) atoms. The maximum absolute atomic E-state index is 10.7. The van der Waals surface area contributed by atoms with Crippen molar-refractivity contribution in [1.82, 2.24) is 0 Å². The molecule has 0 bridgehead atoms. The Bertz CT molecular complexity index is 629. The Hall–Kier alpha value is -0.530. The molecule has 10 atom stereocenters. The van der Waals surface area contributed by atoms with E-state index in [4.69, 9.17) is 23.5 Å². The molecule has 178 valence electrons. The molecule has 0 amide bonds. The fourth-order valence-electron chi connectivity index (χ4n) is 3.07. The lowest BCUT2D eigenvalue weighted by atomic mass is 9.97. The summed E-state index contributed by atoms with van der Waals surface area (Å²) in [5, 5.41) is 60.2. The molecule has 2 saturated heterocycles. The van der Waals surface area contributed by atoms with Crippen LogP contribution in [-0.2, 0) is 33.5 Å². The molecular weight excluding hydrogens is 436 g/mol. The minimum atomic E-state index is -4.88. The van der Waals surface area contributed by atoms with Crippen LogP contribution < -0.4 is 0 Å². The molecule has 0 aliphatic carbocycles. The molecule has 0 aromatic carbocycles. The summed E-state index contributed by atoms with van der Waals surface area (Å²) in [7, 11) is -4.88. The van der Waals surface area contributed by atoms with Crippen molar-refractivity contribution in [3.05, 3.63) is 0 Å². The van der Waals surface area contributed by atoms with Crippen LogP contribution in [0.15, 0.2) is 0 Å². The van der Waals surface area contributed by atoms with Crippen molar-refractivity contribution in [1.29, 1.82) is 0 Å². The van der Waals surface area contributed by atoms with Gasteiger partial charge in [0.15, 0.2) is 12.6 Å². The standard InChI is InChI=1S/C15H28O14S/c1-2-3-25-14-12(21)10(19)13(6(4-16)27-14)29-15-11(20)9(18)8(17)7(28-15)5-26-30(22,23)24/h6-21H,2-5H2,1H3,(H,22,23,24)/t6-,7-,8+,9+,10-,11-,12-,13-,14-,15+/m1/s1. The van der Waals surface area contributed by atoms with Crippen LogP contribution >= 0.6 is 0 Å². The minimum Gasteiger partial charge on any atom is -0.394 e. The number of rotatable bonds is 9. The average Bonchev–Trinajstić information content (AvgIpc) is 2.69. The first kappa shape index (κ1) is 25.7. The van der Waals surface area contributed by atoms with Gasteiger partial charge in [-0.2, -0.15) is 8.42 Å². The van der Waals surface area contributed by atoms with Crippen molar-refractivity contribution in [2.75, 3.05) is 19.8 Å². The van der Waals surface area contributed by atoms with E-state index in [2.05, 4.69) is 4.18 Å². The normalized spacial score (nSPS) is 42.9. The number of aliphatic hydroxyl groups excluding tert-OH is 6. The van der Waals surface area contributed by atoms with E-state index in [1.54, 1.807) is 0 Å². The topological polar surface area (TPSA) is 222 Å². The Morgan fingerprint density at radius 1 is 0.867 bits per heavy atom. The molecule has 0 saturated carbocycles. The van der Waals surface area contributed by atoms with E-state index in [-0.39, 0.29) is 6.61 Å². The molecule has 0 aromatic heterocycles. The highest BCUT2D eigenvalue weighted by Crippen LogP contribution is 2.29. The second-order valence-corrected chi connectivity index (χ2v) is 8.00. The predicted molar refractivity (Wildman–Crippen MR) is 93.1 cm³/mol. The summed E-state index contributed by atoms with van der Waals surface area (Å²) in [4.78, 5) is 0. The summed E-state index contributed by atoms with van der Waals surface area (Å²) in [6, 6.07) is 0. The largest absolute Gasteiger partial charge is 0.397 e. The average molecular weight is 464 g/mol. The lowest BCUT2D eigenvalue weighted by molar-refractivity contribution is -0.359. The van der Waals surface area contributed by atoms with Crippen molar-refractivity contribution in [3.8, 4) is 0 Å². The van der Waals surface area contributed by atoms with Crippen LogP contribution in [0.1, 0.15) is 13.3 Å². The van der Waals surface area contributed by atoms with Crippen molar-refractivity contribution >= 4 is 10.4 Å². The Balaban J connectivity index is 2.11. The Kier molecular flexibility index (Phi) is 9.32. The Labute approximate surface area is 172 Å². The number of hydrogen-bond donors (Lipinski definition) is 7. The molecule has 2 aliphatic rings. The number of hydrogen-bond acceptors (Lipinski definition) is 13. The molecule has 2 fully saturated rings. The number of aliphatic hydroxyl groups is 6. The van der Waals surface area contributed by atoms with Crippen LogP contribution in [0.2, 0.25) is 0 Å². The molecule has 2 heterocycles. The Morgan fingerprint density at radius 3 is 2.03 bits per heavy atom. The second-order valence-electron chi connectivity index (χ2n) is 6.91. The predicted octanol–water partition coefficient (Wildman–Crippen LogP) is -4.14. The maximum Gasteiger partial charge on any atom is 0.397 e. The van der Waals surface area contributed by atoms with Gasteiger partial charge in [0.2, 0.25) is 0 Å². The van der Waals surface area contributed by atoms with Crippen LogP contribution in [0, 0.1) is 0 Å². The van der Waals surface area contributed by atoms with Crippen molar-refractivity contribution in [2.45, 2.75) is 74.8 Å². The van der Waals surface area contributed by atoms with Gasteiger partial charge < -0.3 is 49.6 Å². The van der Waals surface area contributed by atoms with E-state index < -0.39 is 85.0 Å². The third-order valence-electron chi connectivity index (χ3n) is 4.65. The summed E-state index contributed by atoms with van der Waals surface area (Å²) in [6.45, 7) is 0.420. The zero-order chi connectivity index (χ0) is 22.6. The molecule has 2 rings (SSSR count). The van der Waals surface area contributed by atoms with E-state index in [0.717, 1.165) is 0 Å². The molecular formula is C15H28O14S. The summed E-state index contributed by atoms with van der Waals surface area (Å²) >= 11 is 0. The molecule has 15 heteroatoms. The SMILES string of the molecule is CCCO[C@@H]1O[C@H](CO)[C@@H](O[C@@H]2O[C@H](COS(=O)(=O)O)[C@H](O)[C@H](O)[C@H]2O)[C@H](O)[C@H]1O. The van der Waals surface area contributed by atoms with Crippen molar-refractivity contribution in [3.63, 3.8) is 0 Å². The molecule has 2 aliphatic heterocycles. The third-order valence-corrected chi connectivity index (χ3v) is 5.08. The summed E-state index contributed by atoms with van der Waals surface area (Å²) in [5.74, 6) is 0. The maximum atomic E-state index is 10.7. The van der Waals surface area contributed by atoms with Gasteiger partial charge in [0.25, 0.3) is 0 Å². The van der Waals surface area contributed by atoms with Crippen LogP contribution in [0.3, 0.4) is 0 Å². The first-order valence-corrected chi connectivity index (χ1v) is 10.6. The monoisotopic (exact) mass is 464 g/mol. The fourth-order valence-corrected chi connectivity index (χ4v) is 3.37. The number of ether oxygens (including phenoxy) is 4. The molecule has 14 nitrogen and oxygen atoms in total. The van der Waals surface area contributed by atoms with Gasteiger partial charge in [-0.05, 0) is 6.42 Å². The van der Waals surface area contributed by atoms with Gasteiger partial charge in [-0.25, -0.2) is 4.18 Å². The van der Waals surface area contributed by atoms with Gasteiger partial charge in [0.1, 0.15) is 48.8 Å². The van der Waals surface area contributed by atoms with Gasteiger partial charge in [-0.15, -0.1) is 0 Å². The summed E-state index contributed by atoms with van der Waals surface area (Å²) < 4.78 is 55.5. The van der Waals surface area contributed by atoms with Gasteiger partial charge in [-0.1, -0.05) is 6.92 Å². The highest BCUT2D eigenvalue weighted by atomic mass is 32.3. The lowest BCUT2D eigenvalue weighted by Crippen LogP contribution is -2.64. The minimum absolute atomic E-state index is 0.210. The zero-order valence-electron chi connectivity index (χ0n) is 16.0. The second kappa shape index (κ2) is 10.9. The lowest BCUT2D eigenvalue weighted by Gasteiger charge is -2.46. The molecule has 0 aromatic rings. The van der Waals surface area contributed by atoms with Gasteiger partial charge in [-0.3, -0.25) is 4.55 Å². The molecule has 7 N–H and O–H groups in total. The molecule has 0 unspecified atom stereocenters. The van der Waals surface area contributed by atoms with Gasteiger partial charge in [0, 0.05) is 6.61 Å². The van der Waals surface area contributed by atoms with E-state index >= 15 is 0 Å². The highest BCUT2D eigenvalue weighted by molar-refractivity contribution is 7.80. The highest BCUT2D eigenvalue weighted by Gasteiger charge is 2.50. The quantitative estimate of drug-likeness (QED) is 0.161. The first-order chi connectivity index (χ1) is 14.0. The van der Waals surface area contributed by atoms with E-state index in [1.807, 2.05) is 6.92 Å². The van der Waals surface area contributed by atoms with Crippen LogP contribution in [0.4, 0.5) is 0 Å². The van der Waals surface area contributed by atoms with Gasteiger partial charge in [0.05, 0.1) is 13.2 Å². The van der Waals surface area contributed by atoms with E-state index in [0.29, 0.717) is 6.42 Å². The smallest absolute Gasteiger partial charge is 0.394 e.